The standard InChI is InChI=1S/C32H39ClN4O4S/c1-22(2)20-36(21-23(3)4)17-7-16-34-31(38)25-12-15-30-28(18-25)37(35-19-24-10-13-26(33)14-11-24)32(39)27-8-5-6-9-29(27)42(30,40)41/h5-6,8-15,18,22-23,35H,7,16-17,19-21H2,1-4H3,(H,34,38). The van der Waals surface area contributed by atoms with Gasteiger partial charge in [-0.05, 0) is 72.8 Å². The molecule has 0 bridgehead atoms. The van der Waals surface area contributed by atoms with Gasteiger partial charge in [0.1, 0.15) is 0 Å². The van der Waals surface area contributed by atoms with E-state index in [1.807, 2.05) is 12.1 Å². The van der Waals surface area contributed by atoms with E-state index in [9.17, 15) is 18.0 Å². The molecule has 1 aliphatic rings. The van der Waals surface area contributed by atoms with Gasteiger partial charge in [-0.25, -0.2) is 18.9 Å². The molecule has 8 nitrogen and oxygen atoms in total. The van der Waals surface area contributed by atoms with Gasteiger partial charge in [0.05, 0.1) is 21.0 Å². The number of nitrogens with one attached hydrogen (secondary N) is 2. The SMILES string of the molecule is CC(C)CN(CCCNC(=O)c1ccc2c(c1)N(NCc1ccc(Cl)cc1)C(=O)c1ccccc1S2(=O)=O)CC(C)C. The smallest absolute Gasteiger partial charge is 0.274 e. The van der Waals surface area contributed by atoms with E-state index in [2.05, 4.69) is 43.3 Å². The molecular weight excluding hydrogens is 572 g/mol. The summed E-state index contributed by atoms with van der Waals surface area (Å²) in [5.74, 6) is 0.245. The molecule has 0 aliphatic carbocycles. The fraction of sp³-hybridized carbons (Fsp3) is 0.375. The van der Waals surface area contributed by atoms with Crippen molar-refractivity contribution in [2.75, 3.05) is 31.2 Å². The molecule has 4 rings (SSSR count). The molecule has 0 unspecified atom stereocenters. The molecule has 1 aliphatic heterocycles. The zero-order valence-corrected chi connectivity index (χ0v) is 26.1. The lowest BCUT2D eigenvalue weighted by Crippen LogP contribution is -2.43. The van der Waals surface area contributed by atoms with Gasteiger partial charge in [0.15, 0.2) is 0 Å². The number of nitrogens with zero attached hydrogens (tertiary/aromatic N) is 2. The van der Waals surface area contributed by atoms with Crippen LogP contribution in [-0.2, 0) is 16.4 Å². The molecule has 0 aromatic heterocycles. The van der Waals surface area contributed by atoms with Crippen LogP contribution in [0.3, 0.4) is 0 Å². The maximum absolute atomic E-state index is 13.7. The fourth-order valence-electron chi connectivity index (χ4n) is 5.11. The van der Waals surface area contributed by atoms with Crippen molar-refractivity contribution in [3.63, 3.8) is 0 Å². The van der Waals surface area contributed by atoms with E-state index in [4.69, 9.17) is 11.6 Å². The molecule has 2 N–H and O–H groups in total. The van der Waals surface area contributed by atoms with E-state index in [1.54, 1.807) is 24.3 Å². The van der Waals surface area contributed by atoms with Crippen molar-refractivity contribution in [2.24, 2.45) is 11.8 Å². The predicted octanol–water partition coefficient (Wildman–Crippen LogP) is 5.57. The van der Waals surface area contributed by atoms with Gasteiger partial charge in [0.25, 0.3) is 11.8 Å². The molecular formula is C32H39ClN4O4S. The Balaban J connectivity index is 1.58. The third kappa shape index (κ3) is 7.58. The first-order valence-corrected chi connectivity index (χ1v) is 16.1. The maximum atomic E-state index is 13.7. The van der Waals surface area contributed by atoms with Gasteiger partial charge < -0.3 is 10.2 Å². The largest absolute Gasteiger partial charge is 0.352 e. The summed E-state index contributed by atoms with van der Waals surface area (Å²) < 4.78 is 27.4. The quantitative estimate of drug-likeness (QED) is 0.260. The van der Waals surface area contributed by atoms with E-state index in [-0.39, 0.29) is 39.1 Å². The van der Waals surface area contributed by atoms with Crippen molar-refractivity contribution in [1.29, 1.82) is 0 Å². The number of hydrazine groups is 1. The van der Waals surface area contributed by atoms with E-state index < -0.39 is 15.7 Å². The van der Waals surface area contributed by atoms with Crippen LogP contribution in [0.2, 0.25) is 5.02 Å². The second-order valence-corrected chi connectivity index (χ2v) is 13.8. The minimum absolute atomic E-state index is 0.0515. The summed E-state index contributed by atoms with van der Waals surface area (Å²) in [6, 6.07) is 17.6. The Kier molecular flexibility index (Phi) is 10.4. The second kappa shape index (κ2) is 13.8. The molecule has 42 heavy (non-hydrogen) atoms. The van der Waals surface area contributed by atoms with Crippen molar-refractivity contribution in [1.82, 2.24) is 15.6 Å². The number of carbonyl (C=O) groups is 2. The van der Waals surface area contributed by atoms with Crippen molar-refractivity contribution in [3.8, 4) is 0 Å². The molecule has 0 atom stereocenters. The molecule has 0 saturated heterocycles. The average Bonchev–Trinajstić information content (AvgIpc) is 3.01. The zero-order chi connectivity index (χ0) is 30.4. The number of anilines is 1. The number of sulfone groups is 1. The van der Waals surface area contributed by atoms with Crippen LogP contribution >= 0.6 is 11.6 Å². The van der Waals surface area contributed by atoms with E-state index in [0.717, 1.165) is 31.6 Å². The Bertz CT molecular complexity index is 1510. The molecule has 10 heteroatoms. The van der Waals surface area contributed by atoms with Gasteiger partial charge in [0, 0.05) is 36.8 Å². The summed E-state index contributed by atoms with van der Waals surface area (Å²) in [5, 5.41) is 4.76. The first kappa shape index (κ1) is 31.7. The molecule has 0 radical (unpaired) electrons. The van der Waals surface area contributed by atoms with Gasteiger partial charge in [-0.3, -0.25) is 9.59 Å². The molecule has 224 valence electrons. The van der Waals surface area contributed by atoms with Gasteiger partial charge in [-0.1, -0.05) is 63.6 Å². The fourth-order valence-corrected chi connectivity index (χ4v) is 6.85. The van der Waals surface area contributed by atoms with E-state index in [1.165, 1.54) is 35.3 Å². The predicted molar refractivity (Wildman–Crippen MR) is 167 cm³/mol. The molecule has 2 amide bonds. The highest BCUT2D eigenvalue weighted by atomic mass is 35.5. The maximum Gasteiger partial charge on any atom is 0.274 e. The normalized spacial score (nSPS) is 14.2. The molecule has 3 aromatic carbocycles. The number of hydrogen-bond acceptors (Lipinski definition) is 6. The lowest BCUT2D eigenvalue weighted by atomic mass is 10.1. The lowest BCUT2D eigenvalue weighted by molar-refractivity contribution is 0.0945. The Hall–Kier alpha value is -3.24. The molecule has 0 saturated carbocycles. The van der Waals surface area contributed by atoms with Crippen molar-refractivity contribution in [2.45, 2.75) is 50.5 Å². The Morgan fingerprint density at radius 1 is 0.929 bits per heavy atom. The minimum atomic E-state index is -4.04. The minimum Gasteiger partial charge on any atom is -0.352 e. The summed E-state index contributed by atoms with van der Waals surface area (Å²) in [7, 11) is -4.04. The number of halogens is 1. The molecule has 0 spiro atoms. The van der Waals surface area contributed by atoms with Crippen LogP contribution in [-0.4, -0.2) is 51.3 Å². The van der Waals surface area contributed by atoms with Crippen LogP contribution in [0.25, 0.3) is 0 Å². The van der Waals surface area contributed by atoms with Gasteiger partial charge in [-0.2, -0.15) is 0 Å². The Morgan fingerprint density at radius 2 is 1.60 bits per heavy atom. The van der Waals surface area contributed by atoms with Crippen molar-refractivity contribution >= 4 is 38.9 Å². The monoisotopic (exact) mass is 610 g/mol. The first-order chi connectivity index (χ1) is 20.0. The Labute approximate surface area is 253 Å². The Morgan fingerprint density at radius 3 is 2.26 bits per heavy atom. The number of benzene rings is 3. The summed E-state index contributed by atoms with van der Waals surface area (Å²) >= 11 is 6.02. The highest BCUT2D eigenvalue weighted by Gasteiger charge is 2.36. The van der Waals surface area contributed by atoms with Crippen LogP contribution < -0.4 is 15.8 Å². The third-order valence-electron chi connectivity index (χ3n) is 6.90. The van der Waals surface area contributed by atoms with Crippen LogP contribution in [0.4, 0.5) is 5.69 Å². The number of hydrogen-bond donors (Lipinski definition) is 2. The lowest BCUT2D eigenvalue weighted by Gasteiger charge is -2.26. The molecule has 1 heterocycles. The zero-order valence-electron chi connectivity index (χ0n) is 24.6. The summed E-state index contributed by atoms with van der Waals surface area (Å²) in [4.78, 5) is 29.2. The van der Waals surface area contributed by atoms with Gasteiger partial charge in [0.2, 0.25) is 9.84 Å². The van der Waals surface area contributed by atoms with Gasteiger partial charge >= 0.3 is 0 Å². The van der Waals surface area contributed by atoms with E-state index in [0.29, 0.717) is 23.4 Å². The average molecular weight is 611 g/mol. The first-order valence-electron chi connectivity index (χ1n) is 14.3. The van der Waals surface area contributed by atoms with Crippen molar-refractivity contribution in [3.05, 3.63) is 88.4 Å². The van der Waals surface area contributed by atoms with Crippen LogP contribution in [0, 0.1) is 11.8 Å². The highest BCUT2D eigenvalue weighted by Crippen LogP contribution is 2.36. The van der Waals surface area contributed by atoms with Crippen LogP contribution in [0.5, 0.6) is 0 Å². The van der Waals surface area contributed by atoms with Crippen molar-refractivity contribution < 1.29 is 18.0 Å². The topological polar surface area (TPSA) is 98.8 Å². The number of rotatable bonds is 12. The third-order valence-corrected chi connectivity index (χ3v) is 9.01. The van der Waals surface area contributed by atoms with Gasteiger partial charge in [-0.15, -0.1) is 0 Å². The summed E-state index contributed by atoms with van der Waals surface area (Å²) in [5.41, 5.74) is 4.34. The second-order valence-electron chi connectivity index (χ2n) is 11.4. The number of fused-ring (bicyclic) bond motifs is 2. The summed E-state index contributed by atoms with van der Waals surface area (Å²) in [6.45, 7) is 12.4. The highest BCUT2D eigenvalue weighted by molar-refractivity contribution is 7.91. The summed E-state index contributed by atoms with van der Waals surface area (Å²) in [6.07, 6.45) is 0.785. The van der Waals surface area contributed by atoms with Crippen LogP contribution in [0.15, 0.2) is 76.5 Å². The molecule has 3 aromatic rings. The van der Waals surface area contributed by atoms with Crippen LogP contribution in [0.1, 0.15) is 60.4 Å². The van der Waals surface area contributed by atoms with E-state index >= 15 is 0 Å². The number of amides is 2. The molecule has 0 fully saturated rings. The number of carbonyl (C=O) groups excluding carboxylic acids is 2.